The Hall–Kier alpha value is -1.83. The molecule has 0 bridgehead atoms. The number of nitrogens with zero attached hydrogens (tertiary/aromatic N) is 2. The molecule has 1 fully saturated rings. The summed E-state index contributed by atoms with van der Waals surface area (Å²) < 4.78 is 0. The van der Waals surface area contributed by atoms with Gasteiger partial charge in [-0.05, 0) is 51.0 Å². The third-order valence-electron chi connectivity index (χ3n) is 5.62. The Morgan fingerprint density at radius 2 is 1.88 bits per heavy atom. The maximum absolute atomic E-state index is 12.9. The van der Waals surface area contributed by atoms with Crippen LogP contribution in [0.2, 0.25) is 0 Å². The van der Waals surface area contributed by atoms with Crippen LogP contribution in [-0.4, -0.2) is 96.4 Å². The number of guanidine groups is 1. The van der Waals surface area contributed by atoms with E-state index in [4.69, 9.17) is 11.5 Å². The van der Waals surface area contributed by atoms with Gasteiger partial charge in [-0.15, -0.1) is 0 Å². The normalized spacial score (nSPS) is 19.4. The summed E-state index contributed by atoms with van der Waals surface area (Å²) in [4.78, 5) is 54.1. The summed E-state index contributed by atoms with van der Waals surface area (Å²) in [5.41, 5.74) is 10.6. The van der Waals surface area contributed by atoms with Crippen molar-refractivity contribution in [2.45, 2.75) is 69.4 Å². The van der Waals surface area contributed by atoms with E-state index in [2.05, 4.69) is 33.6 Å². The highest BCUT2D eigenvalue weighted by atomic mass is 32.2. The highest BCUT2D eigenvalue weighted by molar-refractivity contribution is 7.98. The van der Waals surface area contributed by atoms with Gasteiger partial charge in [0.05, 0.1) is 30.3 Å². The van der Waals surface area contributed by atoms with Crippen molar-refractivity contribution in [3.05, 3.63) is 0 Å². The number of aldehydes is 2. The average Bonchev–Trinajstić information content (AvgIpc) is 3.31. The standard InChI is InChI=1S/C21H39N7O4S2/c1-14(25-17(13-33)19(31)26-16(12-30)7-10-34-2)28-9-4-6-18(28)20(32)27-15(11-29)5-3-8-24-21(22)23/h11-12,14-18,25,33H,3-10,13H2,1-2H3,(H,26,31)(H,27,32)(H4,22,23,24)/t14?,15-,16-,17-,18-/m0/s1. The van der Waals surface area contributed by atoms with E-state index in [1.165, 1.54) is 0 Å². The summed E-state index contributed by atoms with van der Waals surface area (Å²) in [6, 6.07) is -2.21. The van der Waals surface area contributed by atoms with Crippen molar-refractivity contribution < 1.29 is 19.2 Å². The van der Waals surface area contributed by atoms with Crippen LogP contribution in [0.3, 0.4) is 0 Å². The van der Waals surface area contributed by atoms with Crippen LogP contribution in [0.25, 0.3) is 0 Å². The van der Waals surface area contributed by atoms with Gasteiger partial charge in [-0.1, -0.05) is 0 Å². The first-order chi connectivity index (χ1) is 16.3. The van der Waals surface area contributed by atoms with E-state index in [0.29, 0.717) is 38.8 Å². The fourth-order valence-electron chi connectivity index (χ4n) is 3.81. The fourth-order valence-corrected chi connectivity index (χ4v) is 4.57. The third kappa shape index (κ3) is 10.6. The van der Waals surface area contributed by atoms with Crippen LogP contribution in [-0.2, 0) is 19.2 Å². The number of hydrogen-bond acceptors (Lipinski definition) is 9. The number of aliphatic imine (C=N–C) groups is 1. The number of carbonyl (C=O) groups is 4. The molecule has 11 nitrogen and oxygen atoms in total. The molecular weight excluding hydrogens is 478 g/mol. The molecule has 7 N–H and O–H groups in total. The highest BCUT2D eigenvalue weighted by Gasteiger charge is 2.35. The maximum atomic E-state index is 12.9. The SMILES string of the molecule is CSCC[C@@H](C=O)NC(=O)[C@H](CS)NC(C)N1CCC[C@H]1C(=O)N[C@H](C=O)CCCN=C(N)N. The molecule has 1 aliphatic rings. The van der Waals surface area contributed by atoms with Crippen LogP contribution in [0.5, 0.6) is 0 Å². The lowest BCUT2D eigenvalue weighted by Crippen LogP contribution is -2.58. The Labute approximate surface area is 211 Å². The minimum atomic E-state index is -0.627. The molecule has 1 unspecified atom stereocenters. The Bertz CT molecular complexity index is 694. The van der Waals surface area contributed by atoms with Crippen LogP contribution >= 0.6 is 24.4 Å². The largest absolute Gasteiger partial charge is 0.370 e. The number of amides is 2. The number of hydrogen-bond donors (Lipinski definition) is 6. The minimum absolute atomic E-state index is 0.00962. The Morgan fingerprint density at radius 3 is 2.47 bits per heavy atom. The smallest absolute Gasteiger partial charge is 0.238 e. The third-order valence-corrected chi connectivity index (χ3v) is 6.63. The molecule has 0 aliphatic carbocycles. The molecule has 5 atom stereocenters. The quantitative estimate of drug-likeness (QED) is 0.0458. The van der Waals surface area contributed by atoms with Gasteiger partial charge < -0.3 is 31.7 Å². The first-order valence-electron chi connectivity index (χ1n) is 11.5. The van der Waals surface area contributed by atoms with Gasteiger partial charge in [0.15, 0.2) is 5.96 Å². The Balaban J connectivity index is 2.66. The van der Waals surface area contributed by atoms with Gasteiger partial charge in [0.2, 0.25) is 11.8 Å². The van der Waals surface area contributed by atoms with Gasteiger partial charge in [-0.25, -0.2) is 0 Å². The lowest BCUT2D eigenvalue weighted by Gasteiger charge is -2.33. The molecule has 0 aromatic heterocycles. The number of nitrogens with one attached hydrogen (secondary N) is 3. The predicted molar refractivity (Wildman–Crippen MR) is 139 cm³/mol. The molecule has 13 heteroatoms. The van der Waals surface area contributed by atoms with Gasteiger partial charge >= 0.3 is 0 Å². The molecule has 0 radical (unpaired) electrons. The molecule has 0 aromatic carbocycles. The molecule has 0 saturated carbocycles. The number of rotatable bonds is 17. The van der Waals surface area contributed by atoms with Crippen molar-refractivity contribution >= 4 is 54.7 Å². The zero-order chi connectivity index (χ0) is 25.5. The second kappa shape index (κ2) is 16.7. The summed E-state index contributed by atoms with van der Waals surface area (Å²) >= 11 is 5.90. The van der Waals surface area contributed by atoms with E-state index in [1.807, 2.05) is 18.1 Å². The topological polar surface area (TPSA) is 172 Å². The first kappa shape index (κ1) is 30.2. The van der Waals surface area contributed by atoms with E-state index in [9.17, 15) is 19.2 Å². The zero-order valence-corrected chi connectivity index (χ0v) is 21.7. The van der Waals surface area contributed by atoms with E-state index in [1.54, 1.807) is 11.8 Å². The van der Waals surface area contributed by atoms with E-state index >= 15 is 0 Å². The fraction of sp³-hybridized carbons (Fsp3) is 0.762. The molecule has 0 spiro atoms. The molecule has 194 valence electrons. The number of nitrogens with two attached hydrogens (primary N) is 2. The summed E-state index contributed by atoms with van der Waals surface area (Å²) in [5, 5.41) is 8.78. The summed E-state index contributed by atoms with van der Waals surface area (Å²) in [6.45, 7) is 2.94. The number of carbonyl (C=O) groups excluding carboxylic acids is 4. The van der Waals surface area contributed by atoms with E-state index in [0.717, 1.165) is 24.7 Å². The molecule has 34 heavy (non-hydrogen) atoms. The predicted octanol–water partition coefficient (Wildman–Crippen LogP) is -1.14. The molecule has 1 heterocycles. The highest BCUT2D eigenvalue weighted by Crippen LogP contribution is 2.20. The van der Waals surface area contributed by atoms with Gasteiger partial charge in [-0.3, -0.25) is 24.8 Å². The molecule has 1 aliphatic heterocycles. The van der Waals surface area contributed by atoms with Gasteiger partial charge in [0.1, 0.15) is 12.6 Å². The van der Waals surface area contributed by atoms with Crippen molar-refractivity contribution in [2.24, 2.45) is 16.5 Å². The molecule has 1 saturated heterocycles. The summed E-state index contributed by atoms with van der Waals surface area (Å²) in [6.07, 6.45) is 6.13. The van der Waals surface area contributed by atoms with Gasteiger partial charge in [0, 0.05) is 18.8 Å². The summed E-state index contributed by atoms with van der Waals surface area (Å²) in [5.74, 6) is 0.458. The zero-order valence-electron chi connectivity index (χ0n) is 19.9. The van der Waals surface area contributed by atoms with Crippen molar-refractivity contribution in [3.8, 4) is 0 Å². The number of thiol groups is 1. The molecule has 1 rings (SSSR count). The van der Waals surface area contributed by atoms with Gasteiger partial charge in [-0.2, -0.15) is 24.4 Å². The minimum Gasteiger partial charge on any atom is -0.370 e. The lowest BCUT2D eigenvalue weighted by atomic mass is 10.1. The summed E-state index contributed by atoms with van der Waals surface area (Å²) in [7, 11) is 0. The van der Waals surface area contributed by atoms with Crippen molar-refractivity contribution in [1.82, 2.24) is 20.9 Å². The monoisotopic (exact) mass is 517 g/mol. The first-order valence-corrected chi connectivity index (χ1v) is 13.5. The van der Waals surface area contributed by atoms with Crippen molar-refractivity contribution in [1.29, 1.82) is 0 Å². The van der Waals surface area contributed by atoms with Crippen molar-refractivity contribution in [2.75, 3.05) is 30.9 Å². The molecular formula is C21H39N7O4S2. The van der Waals surface area contributed by atoms with Crippen LogP contribution in [0.4, 0.5) is 0 Å². The van der Waals surface area contributed by atoms with Gasteiger partial charge in [0.25, 0.3) is 0 Å². The number of thioether (sulfide) groups is 1. The second-order valence-corrected chi connectivity index (χ2v) is 9.56. The number of likely N-dealkylation sites (tertiary alicyclic amines) is 1. The Kier molecular flexibility index (Phi) is 14.9. The van der Waals surface area contributed by atoms with Crippen LogP contribution in [0.15, 0.2) is 4.99 Å². The maximum Gasteiger partial charge on any atom is 0.238 e. The average molecular weight is 518 g/mol. The van der Waals surface area contributed by atoms with Crippen LogP contribution < -0.4 is 27.4 Å². The Morgan fingerprint density at radius 1 is 1.21 bits per heavy atom. The van der Waals surface area contributed by atoms with Crippen LogP contribution in [0, 0.1) is 0 Å². The van der Waals surface area contributed by atoms with Crippen LogP contribution in [0.1, 0.15) is 39.0 Å². The molecule has 2 amide bonds. The van der Waals surface area contributed by atoms with E-state index in [-0.39, 0.29) is 29.7 Å². The second-order valence-electron chi connectivity index (χ2n) is 8.21. The van der Waals surface area contributed by atoms with E-state index < -0.39 is 24.2 Å². The molecule has 0 aromatic rings. The lowest BCUT2D eigenvalue weighted by molar-refractivity contribution is -0.129. The van der Waals surface area contributed by atoms with Crippen molar-refractivity contribution in [3.63, 3.8) is 0 Å².